The minimum atomic E-state index is 0.284. The first-order chi connectivity index (χ1) is 10.1. The molecule has 0 saturated heterocycles. The van der Waals surface area contributed by atoms with Crippen LogP contribution in [0.1, 0.15) is 11.1 Å². The smallest absolute Gasteiger partial charge is 0.120 e. The number of aromatic hydroxyl groups is 1. The van der Waals surface area contributed by atoms with Gasteiger partial charge in [0.1, 0.15) is 11.5 Å². The maximum atomic E-state index is 9.82. The Bertz CT molecular complexity index is 580. The van der Waals surface area contributed by atoms with Crippen LogP contribution in [0.2, 0.25) is 0 Å². The number of nitrogens with zero attached hydrogens (tertiary/aromatic N) is 1. The molecule has 0 aliphatic heterocycles. The lowest BCUT2D eigenvalue weighted by molar-refractivity contribution is 0.410. The number of hydrogen-bond donors (Lipinski definition) is 2. The van der Waals surface area contributed by atoms with Gasteiger partial charge in [-0.25, -0.2) is 0 Å². The zero-order chi connectivity index (χ0) is 15.2. The molecule has 0 atom stereocenters. The molecule has 0 aliphatic rings. The Labute approximate surface area is 126 Å². The average molecular weight is 286 g/mol. The SMILES string of the molecule is COc1ccc(O)c(CNCc2ccc(N(C)C)cc2)c1. The summed E-state index contributed by atoms with van der Waals surface area (Å²) >= 11 is 0. The molecule has 0 fully saturated rings. The van der Waals surface area contributed by atoms with Crippen molar-refractivity contribution in [2.24, 2.45) is 0 Å². The predicted molar refractivity (Wildman–Crippen MR) is 86.0 cm³/mol. The third-order valence-electron chi connectivity index (χ3n) is 3.38. The van der Waals surface area contributed by atoms with E-state index in [1.807, 2.05) is 20.2 Å². The predicted octanol–water partition coefficient (Wildman–Crippen LogP) is 2.76. The van der Waals surface area contributed by atoms with E-state index in [9.17, 15) is 5.11 Å². The second kappa shape index (κ2) is 6.99. The molecule has 4 heteroatoms. The van der Waals surface area contributed by atoms with Crippen LogP contribution < -0.4 is 15.0 Å². The second-order valence-electron chi connectivity index (χ2n) is 5.16. The number of methoxy groups -OCH3 is 1. The number of hydrogen-bond acceptors (Lipinski definition) is 4. The van der Waals surface area contributed by atoms with E-state index >= 15 is 0 Å². The van der Waals surface area contributed by atoms with Gasteiger partial charge in [0.25, 0.3) is 0 Å². The molecule has 0 spiro atoms. The van der Waals surface area contributed by atoms with Crippen LogP contribution in [-0.4, -0.2) is 26.3 Å². The first kappa shape index (κ1) is 15.2. The van der Waals surface area contributed by atoms with Crippen molar-refractivity contribution in [1.82, 2.24) is 5.32 Å². The summed E-state index contributed by atoms with van der Waals surface area (Å²) < 4.78 is 5.17. The maximum Gasteiger partial charge on any atom is 0.120 e. The highest BCUT2D eigenvalue weighted by Crippen LogP contribution is 2.22. The molecule has 2 N–H and O–H groups in total. The lowest BCUT2D eigenvalue weighted by Crippen LogP contribution is -2.13. The van der Waals surface area contributed by atoms with Gasteiger partial charge in [-0.15, -0.1) is 0 Å². The van der Waals surface area contributed by atoms with Crippen molar-refractivity contribution in [2.45, 2.75) is 13.1 Å². The Morgan fingerprint density at radius 3 is 2.38 bits per heavy atom. The summed E-state index contributed by atoms with van der Waals surface area (Å²) in [4.78, 5) is 2.07. The van der Waals surface area contributed by atoms with Gasteiger partial charge in [0, 0.05) is 38.4 Å². The minimum absolute atomic E-state index is 0.284. The van der Waals surface area contributed by atoms with E-state index in [1.54, 1.807) is 19.2 Å². The number of phenols is 1. The molecule has 0 unspecified atom stereocenters. The summed E-state index contributed by atoms with van der Waals surface area (Å²) in [6.45, 7) is 1.35. The standard InChI is InChI=1S/C17H22N2O2/c1-19(2)15-6-4-13(5-7-15)11-18-12-14-10-16(21-3)8-9-17(14)20/h4-10,18,20H,11-12H2,1-3H3. The van der Waals surface area contributed by atoms with E-state index in [0.717, 1.165) is 17.9 Å². The molecular weight excluding hydrogens is 264 g/mol. The summed E-state index contributed by atoms with van der Waals surface area (Å²) in [6.07, 6.45) is 0. The Hall–Kier alpha value is -2.20. The molecule has 2 rings (SSSR count). The summed E-state index contributed by atoms with van der Waals surface area (Å²) in [5, 5.41) is 13.2. The molecule has 0 bridgehead atoms. The van der Waals surface area contributed by atoms with Crippen molar-refractivity contribution in [2.75, 3.05) is 26.1 Å². The molecule has 0 saturated carbocycles. The fraction of sp³-hybridized carbons (Fsp3) is 0.294. The van der Waals surface area contributed by atoms with Gasteiger partial charge in [0.15, 0.2) is 0 Å². The topological polar surface area (TPSA) is 44.7 Å². The van der Waals surface area contributed by atoms with Gasteiger partial charge in [-0.1, -0.05) is 12.1 Å². The van der Waals surface area contributed by atoms with E-state index in [1.165, 1.54) is 11.3 Å². The van der Waals surface area contributed by atoms with Crippen LogP contribution in [0.4, 0.5) is 5.69 Å². The highest BCUT2D eigenvalue weighted by molar-refractivity contribution is 5.46. The first-order valence-electron chi connectivity index (χ1n) is 6.93. The van der Waals surface area contributed by atoms with Crippen LogP contribution in [-0.2, 0) is 13.1 Å². The molecule has 0 amide bonds. The van der Waals surface area contributed by atoms with E-state index < -0.39 is 0 Å². The molecule has 0 aromatic heterocycles. The van der Waals surface area contributed by atoms with Crippen LogP contribution in [0.15, 0.2) is 42.5 Å². The molecule has 2 aromatic carbocycles. The molecule has 0 aliphatic carbocycles. The number of nitrogens with one attached hydrogen (secondary N) is 1. The summed E-state index contributed by atoms with van der Waals surface area (Å²) in [6, 6.07) is 13.7. The molecule has 0 heterocycles. The van der Waals surface area contributed by atoms with Gasteiger partial charge in [0.2, 0.25) is 0 Å². The number of rotatable bonds is 6. The lowest BCUT2D eigenvalue weighted by Gasteiger charge is -2.13. The molecule has 0 radical (unpaired) electrons. The van der Waals surface area contributed by atoms with Crippen molar-refractivity contribution in [3.63, 3.8) is 0 Å². The fourth-order valence-corrected chi connectivity index (χ4v) is 2.08. The van der Waals surface area contributed by atoms with Gasteiger partial charge < -0.3 is 20.1 Å². The monoisotopic (exact) mass is 286 g/mol. The van der Waals surface area contributed by atoms with E-state index in [0.29, 0.717) is 6.54 Å². The van der Waals surface area contributed by atoms with Crippen LogP contribution in [0.25, 0.3) is 0 Å². The van der Waals surface area contributed by atoms with Gasteiger partial charge in [-0.3, -0.25) is 0 Å². The van der Waals surface area contributed by atoms with E-state index in [-0.39, 0.29) is 5.75 Å². The quantitative estimate of drug-likeness (QED) is 0.857. The van der Waals surface area contributed by atoms with Gasteiger partial charge in [-0.2, -0.15) is 0 Å². The fourth-order valence-electron chi connectivity index (χ4n) is 2.08. The van der Waals surface area contributed by atoms with E-state index in [2.05, 4.69) is 34.5 Å². The number of phenolic OH excluding ortho intramolecular Hbond substituents is 1. The van der Waals surface area contributed by atoms with Crippen LogP contribution in [0.3, 0.4) is 0 Å². The summed E-state index contributed by atoms with van der Waals surface area (Å²) in [7, 11) is 5.67. The minimum Gasteiger partial charge on any atom is -0.508 e. The van der Waals surface area contributed by atoms with Gasteiger partial charge in [-0.05, 0) is 35.9 Å². The highest BCUT2D eigenvalue weighted by atomic mass is 16.5. The molecule has 4 nitrogen and oxygen atoms in total. The molecule has 21 heavy (non-hydrogen) atoms. The summed E-state index contributed by atoms with van der Waals surface area (Å²) in [5.41, 5.74) is 3.23. The van der Waals surface area contributed by atoms with Crippen molar-refractivity contribution in [3.8, 4) is 11.5 Å². The maximum absolute atomic E-state index is 9.82. The van der Waals surface area contributed by atoms with Gasteiger partial charge in [0.05, 0.1) is 7.11 Å². The number of anilines is 1. The molecule has 112 valence electrons. The zero-order valence-electron chi connectivity index (χ0n) is 12.8. The molecular formula is C17H22N2O2. The average Bonchev–Trinajstić information content (AvgIpc) is 2.49. The van der Waals surface area contributed by atoms with Crippen LogP contribution >= 0.6 is 0 Å². The first-order valence-corrected chi connectivity index (χ1v) is 6.93. The Balaban J connectivity index is 1.92. The van der Waals surface area contributed by atoms with E-state index in [4.69, 9.17) is 4.74 Å². The third kappa shape index (κ3) is 4.13. The highest BCUT2D eigenvalue weighted by Gasteiger charge is 2.03. The largest absolute Gasteiger partial charge is 0.508 e. The number of benzene rings is 2. The van der Waals surface area contributed by atoms with Crippen molar-refractivity contribution in [3.05, 3.63) is 53.6 Å². The van der Waals surface area contributed by atoms with Crippen molar-refractivity contribution < 1.29 is 9.84 Å². The third-order valence-corrected chi connectivity index (χ3v) is 3.38. The van der Waals surface area contributed by atoms with Crippen LogP contribution in [0, 0.1) is 0 Å². The Kier molecular flexibility index (Phi) is 5.06. The van der Waals surface area contributed by atoms with Crippen LogP contribution in [0.5, 0.6) is 11.5 Å². The molecule has 2 aromatic rings. The zero-order valence-corrected chi connectivity index (χ0v) is 12.8. The lowest BCUT2D eigenvalue weighted by atomic mass is 10.1. The van der Waals surface area contributed by atoms with Crippen molar-refractivity contribution >= 4 is 5.69 Å². The normalized spacial score (nSPS) is 10.4. The van der Waals surface area contributed by atoms with Crippen molar-refractivity contribution in [1.29, 1.82) is 0 Å². The Morgan fingerprint density at radius 2 is 1.76 bits per heavy atom. The van der Waals surface area contributed by atoms with Gasteiger partial charge >= 0.3 is 0 Å². The Morgan fingerprint density at radius 1 is 1.05 bits per heavy atom. The second-order valence-corrected chi connectivity index (χ2v) is 5.16. The number of ether oxygens (including phenoxy) is 1. The summed E-state index contributed by atoms with van der Waals surface area (Å²) in [5.74, 6) is 1.03.